The van der Waals surface area contributed by atoms with E-state index in [1.165, 1.54) is 0 Å². The second-order valence-electron chi connectivity index (χ2n) is 7.10. The van der Waals surface area contributed by atoms with Crippen molar-refractivity contribution in [2.45, 2.75) is 6.92 Å². The van der Waals surface area contributed by atoms with Crippen LogP contribution in [0.2, 0.25) is 0 Å². The average Bonchev–Trinajstić information content (AvgIpc) is 3.33. The van der Waals surface area contributed by atoms with Gasteiger partial charge in [0.25, 0.3) is 5.89 Å². The molecule has 0 fully saturated rings. The zero-order chi connectivity index (χ0) is 22.5. The van der Waals surface area contributed by atoms with Crippen LogP contribution in [0, 0.1) is 6.92 Å². The Hall–Kier alpha value is -4.13. The molecule has 0 radical (unpaired) electrons. The molecule has 32 heavy (non-hydrogen) atoms. The van der Waals surface area contributed by atoms with Gasteiger partial charge >= 0.3 is 0 Å². The predicted octanol–water partition coefficient (Wildman–Crippen LogP) is 4.99. The van der Waals surface area contributed by atoms with Crippen molar-refractivity contribution in [2.75, 3.05) is 20.8 Å². The lowest BCUT2D eigenvalue weighted by atomic mass is 10.1. The number of Topliss-reactive ketones (excluding diaryl/α,β-unsaturated/α-hetero) is 1. The molecular weight excluding hydrogens is 408 g/mol. The topological polar surface area (TPSA) is 83.7 Å². The number of methoxy groups -OCH3 is 2. The van der Waals surface area contributed by atoms with Crippen molar-refractivity contribution in [1.82, 2.24) is 10.1 Å². The van der Waals surface area contributed by atoms with Crippen LogP contribution in [-0.2, 0) is 0 Å². The smallest absolute Gasteiger partial charge is 0.262 e. The lowest BCUT2D eigenvalue weighted by Crippen LogP contribution is -2.11. The number of aromatic nitrogens is 2. The van der Waals surface area contributed by atoms with Crippen LogP contribution in [0.25, 0.3) is 22.8 Å². The Morgan fingerprint density at radius 3 is 2.50 bits per heavy atom. The summed E-state index contributed by atoms with van der Waals surface area (Å²) in [5.74, 6) is 2.38. The third kappa shape index (κ3) is 4.62. The monoisotopic (exact) mass is 430 g/mol. The quantitative estimate of drug-likeness (QED) is 0.364. The Morgan fingerprint density at radius 1 is 0.938 bits per heavy atom. The van der Waals surface area contributed by atoms with Crippen LogP contribution in [0.15, 0.2) is 71.3 Å². The molecule has 0 amide bonds. The number of ether oxygens (including phenoxy) is 3. The Bertz CT molecular complexity index is 1230. The summed E-state index contributed by atoms with van der Waals surface area (Å²) in [6.07, 6.45) is 0. The molecule has 0 spiro atoms. The summed E-state index contributed by atoms with van der Waals surface area (Å²) in [6, 6.07) is 19.9. The number of nitrogens with zero attached hydrogens (tertiary/aromatic N) is 2. The molecule has 0 saturated heterocycles. The molecule has 3 aromatic carbocycles. The fraction of sp³-hybridized carbons (Fsp3) is 0.160. The van der Waals surface area contributed by atoms with Gasteiger partial charge in [-0.15, -0.1) is 0 Å². The van der Waals surface area contributed by atoms with Crippen molar-refractivity contribution in [3.05, 3.63) is 77.9 Å². The third-order valence-corrected chi connectivity index (χ3v) is 4.90. The molecule has 0 bridgehead atoms. The van der Waals surface area contributed by atoms with Crippen molar-refractivity contribution in [1.29, 1.82) is 0 Å². The molecule has 7 heteroatoms. The highest BCUT2D eigenvalue weighted by Gasteiger charge is 2.16. The van der Waals surface area contributed by atoms with Crippen LogP contribution in [0.1, 0.15) is 15.9 Å². The second-order valence-corrected chi connectivity index (χ2v) is 7.10. The highest BCUT2D eigenvalue weighted by molar-refractivity contribution is 5.97. The van der Waals surface area contributed by atoms with Gasteiger partial charge in [-0.25, -0.2) is 0 Å². The maximum absolute atomic E-state index is 12.4. The van der Waals surface area contributed by atoms with Crippen molar-refractivity contribution in [2.24, 2.45) is 0 Å². The zero-order valence-corrected chi connectivity index (χ0v) is 18.0. The van der Waals surface area contributed by atoms with Crippen LogP contribution in [0.3, 0.4) is 0 Å². The highest BCUT2D eigenvalue weighted by Crippen LogP contribution is 2.33. The van der Waals surface area contributed by atoms with E-state index in [0.29, 0.717) is 45.7 Å². The molecule has 4 rings (SSSR count). The van der Waals surface area contributed by atoms with Crippen molar-refractivity contribution in [3.63, 3.8) is 0 Å². The van der Waals surface area contributed by atoms with Crippen molar-refractivity contribution < 1.29 is 23.5 Å². The number of hydrogen-bond donors (Lipinski definition) is 0. The van der Waals surface area contributed by atoms with Gasteiger partial charge in [0.1, 0.15) is 17.2 Å². The summed E-state index contributed by atoms with van der Waals surface area (Å²) in [7, 11) is 3.15. The van der Waals surface area contributed by atoms with E-state index >= 15 is 0 Å². The van der Waals surface area contributed by atoms with Crippen molar-refractivity contribution >= 4 is 5.78 Å². The zero-order valence-electron chi connectivity index (χ0n) is 18.0. The van der Waals surface area contributed by atoms with Crippen LogP contribution >= 0.6 is 0 Å². The van der Waals surface area contributed by atoms with Crippen molar-refractivity contribution in [3.8, 4) is 40.1 Å². The number of benzene rings is 3. The highest BCUT2D eigenvalue weighted by atomic mass is 16.5. The first-order valence-electron chi connectivity index (χ1n) is 9.96. The van der Waals surface area contributed by atoms with E-state index in [0.717, 1.165) is 5.56 Å². The molecule has 162 valence electrons. The standard InChI is InChI=1S/C25H22N2O5/c1-16-7-9-17(10-8-16)22(28)15-31-20-6-4-5-18(13-20)24-26-25(32-27-24)21-12-11-19(29-2)14-23(21)30-3/h4-14H,15H2,1-3H3. The first-order chi connectivity index (χ1) is 15.6. The van der Waals surface area contributed by atoms with Gasteiger partial charge in [-0.2, -0.15) is 4.98 Å². The number of hydrogen-bond acceptors (Lipinski definition) is 7. The SMILES string of the molecule is COc1ccc(-c2nc(-c3cccc(OCC(=O)c4ccc(C)cc4)c3)no2)c(OC)c1. The van der Waals surface area contributed by atoms with E-state index in [1.807, 2.05) is 31.2 Å². The minimum absolute atomic E-state index is 0.0624. The first-order valence-corrected chi connectivity index (χ1v) is 9.96. The second kappa shape index (κ2) is 9.34. The van der Waals surface area contributed by atoms with E-state index in [1.54, 1.807) is 56.7 Å². The summed E-state index contributed by atoms with van der Waals surface area (Å²) < 4.78 is 21.8. The molecule has 7 nitrogen and oxygen atoms in total. The number of aryl methyl sites for hydroxylation is 1. The summed E-state index contributed by atoms with van der Waals surface area (Å²) in [6.45, 7) is 1.91. The van der Waals surface area contributed by atoms with Gasteiger partial charge in [0, 0.05) is 17.2 Å². The average molecular weight is 430 g/mol. The van der Waals surface area contributed by atoms with E-state index in [9.17, 15) is 4.79 Å². The van der Waals surface area contributed by atoms with Crippen LogP contribution < -0.4 is 14.2 Å². The fourth-order valence-corrected chi connectivity index (χ4v) is 3.12. The third-order valence-electron chi connectivity index (χ3n) is 4.90. The fourth-order valence-electron chi connectivity index (χ4n) is 3.12. The summed E-state index contributed by atoms with van der Waals surface area (Å²) in [4.78, 5) is 16.9. The number of ketones is 1. The molecule has 0 atom stereocenters. The van der Waals surface area contributed by atoms with Gasteiger partial charge in [0.2, 0.25) is 5.82 Å². The molecule has 0 N–H and O–H groups in total. The normalized spacial score (nSPS) is 10.6. The number of rotatable bonds is 8. The summed E-state index contributed by atoms with van der Waals surface area (Å²) in [5.41, 5.74) is 3.07. The molecule has 4 aromatic rings. The Labute approximate surface area is 185 Å². The van der Waals surface area contributed by atoms with E-state index in [4.69, 9.17) is 18.7 Å². The minimum atomic E-state index is -0.0937. The largest absolute Gasteiger partial charge is 0.497 e. The molecule has 0 aliphatic heterocycles. The van der Waals surface area contributed by atoms with Gasteiger partial charge in [-0.3, -0.25) is 4.79 Å². The lowest BCUT2D eigenvalue weighted by molar-refractivity contribution is 0.0921. The van der Waals surface area contributed by atoms with Crippen LogP contribution in [0.4, 0.5) is 0 Å². The molecule has 1 heterocycles. The van der Waals surface area contributed by atoms with E-state index < -0.39 is 0 Å². The van der Waals surface area contributed by atoms with Gasteiger partial charge in [-0.05, 0) is 31.2 Å². The van der Waals surface area contributed by atoms with Gasteiger partial charge < -0.3 is 18.7 Å². The predicted molar refractivity (Wildman–Crippen MR) is 119 cm³/mol. The molecule has 1 aromatic heterocycles. The minimum Gasteiger partial charge on any atom is -0.497 e. The summed E-state index contributed by atoms with van der Waals surface area (Å²) in [5, 5.41) is 4.08. The number of carbonyl (C=O) groups is 1. The van der Waals surface area contributed by atoms with E-state index in [-0.39, 0.29) is 12.4 Å². The van der Waals surface area contributed by atoms with Gasteiger partial charge in [0.05, 0.1) is 19.8 Å². The molecule has 0 unspecified atom stereocenters. The van der Waals surface area contributed by atoms with Crippen LogP contribution in [-0.4, -0.2) is 36.8 Å². The van der Waals surface area contributed by atoms with Crippen LogP contribution in [0.5, 0.6) is 17.2 Å². The summed E-state index contributed by atoms with van der Waals surface area (Å²) >= 11 is 0. The maximum Gasteiger partial charge on any atom is 0.262 e. The molecular formula is C25H22N2O5. The Morgan fingerprint density at radius 2 is 1.75 bits per heavy atom. The first kappa shape index (κ1) is 21.1. The Balaban J connectivity index is 1.50. The Kier molecular flexibility index (Phi) is 6.17. The maximum atomic E-state index is 12.4. The molecule has 0 aliphatic carbocycles. The van der Waals surface area contributed by atoms with Gasteiger partial charge in [-0.1, -0.05) is 47.1 Å². The molecule has 0 saturated carbocycles. The lowest BCUT2D eigenvalue weighted by Gasteiger charge is -2.07. The van der Waals surface area contributed by atoms with Gasteiger partial charge in [0.15, 0.2) is 12.4 Å². The number of carbonyl (C=O) groups excluding carboxylic acids is 1. The molecule has 0 aliphatic rings. The van der Waals surface area contributed by atoms with E-state index in [2.05, 4.69) is 10.1 Å².